The SMILES string of the molecule is CCCCC1CC[C@@]2(CCC(C)C(CC)O2)OC1C=CC(C)=CCC(=O)CC. The molecule has 2 aliphatic heterocycles. The number of ketones is 1. The van der Waals surface area contributed by atoms with Gasteiger partial charge in [-0.2, -0.15) is 0 Å². The Labute approximate surface area is 172 Å². The van der Waals surface area contributed by atoms with Crippen LogP contribution in [-0.4, -0.2) is 23.8 Å². The summed E-state index contributed by atoms with van der Waals surface area (Å²) in [5, 5.41) is 0. The molecule has 2 rings (SSSR count). The summed E-state index contributed by atoms with van der Waals surface area (Å²) >= 11 is 0. The Bertz CT molecular complexity index is 550. The zero-order chi connectivity index (χ0) is 20.6. The third kappa shape index (κ3) is 6.56. The van der Waals surface area contributed by atoms with Crippen molar-refractivity contribution in [2.24, 2.45) is 11.8 Å². The van der Waals surface area contributed by atoms with Crippen molar-refractivity contribution in [1.82, 2.24) is 0 Å². The van der Waals surface area contributed by atoms with Crippen LogP contribution >= 0.6 is 0 Å². The van der Waals surface area contributed by atoms with Crippen molar-refractivity contribution < 1.29 is 14.3 Å². The molecule has 3 nitrogen and oxygen atoms in total. The second-order valence-corrected chi connectivity index (χ2v) is 8.92. The third-order valence-corrected chi connectivity index (χ3v) is 6.62. The summed E-state index contributed by atoms with van der Waals surface area (Å²) in [7, 11) is 0. The fourth-order valence-electron chi connectivity index (χ4n) is 4.52. The van der Waals surface area contributed by atoms with Crippen LogP contribution in [0.5, 0.6) is 0 Å². The van der Waals surface area contributed by atoms with Crippen molar-refractivity contribution in [3.05, 3.63) is 23.8 Å². The van der Waals surface area contributed by atoms with Crippen LogP contribution in [0.15, 0.2) is 23.8 Å². The van der Waals surface area contributed by atoms with E-state index in [1.807, 2.05) is 13.0 Å². The molecule has 0 radical (unpaired) electrons. The topological polar surface area (TPSA) is 35.5 Å². The van der Waals surface area contributed by atoms with Gasteiger partial charge in [-0.05, 0) is 44.4 Å². The Kier molecular flexibility index (Phi) is 9.43. The second-order valence-electron chi connectivity index (χ2n) is 8.92. The summed E-state index contributed by atoms with van der Waals surface area (Å²) in [6, 6.07) is 0. The van der Waals surface area contributed by atoms with Gasteiger partial charge in [0.15, 0.2) is 5.79 Å². The van der Waals surface area contributed by atoms with Crippen molar-refractivity contribution in [1.29, 1.82) is 0 Å². The molecule has 160 valence electrons. The monoisotopic (exact) mass is 390 g/mol. The lowest BCUT2D eigenvalue weighted by atomic mass is 9.81. The molecule has 2 fully saturated rings. The van der Waals surface area contributed by atoms with E-state index in [4.69, 9.17) is 9.47 Å². The van der Waals surface area contributed by atoms with Gasteiger partial charge in [-0.3, -0.25) is 4.79 Å². The quantitative estimate of drug-likeness (QED) is 0.408. The molecule has 0 bridgehead atoms. The largest absolute Gasteiger partial charge is 0.346 e. The Morgan fingerprint density at radius 2 is 1.89 bits per heavy atom. The van der Waals surface area contributed by atoms with Crippen LogP contribution < -0.4 is 0 Å². The van der Waals surface area contributed by atoms with E-state index in [9.17, 15) is 4.79 Å². The maximum Gasteiger partial charge on any atom is 0.169 e. The van der Waals surface area contributed by atoms with Gasteiger partial charge in [-0.1, -0.05) is 64.3 Å². The number of Topliss-reactive ketones (excluding diaryl/α,β-unsaturated/α-hetero) is 1. The van der Waals surface area contributed by atoms with Crippen molar-refractivity contribution in [2.75, 3.05) is 0 Å². The van der Waals surface area contributed by atoms with Crippen LogP contribution in [0.2, 0.25) is 0 Å². The molecular formula is C25H42O3. The molecule has 4 unspecified atom stereocenters. The average molecular weight is 391 g/mol. The van der Waals surface area contributed by atoms with Gasteiger partial charge in [0.1, 0.15) is 5.78 Å². The van der Waals surface area contributed by atoms with Crippen LogP contribution in [0.1, 0.15) is 98.8 Å². The number of allylic oxidation sites excluding steroid dienone is 3. The Morgan fingerprint density at radius 1 is 1.14 bits per heavy atom. The highest BCUT2D eigenvalue weighted by molar-refractivity contribution is 5.79. The van der Waals surface area contributed by atoms with Crippen LogP contribution in [-0.2, 0) is 14.3 Å². The standard InChI is InChI=1S/C25H42O3/c1-6-9-10-21-16-18-25(17-15-20(5)23(8-3)27-25)28-24(21)14-12-19(4)11-13-22(26)7-2/h11-12,14,20-21,23-24H,6-10,13,15-18H2,1-5H3/t20?,21?,23?,24?,25-/m1/s1. The molecule has 28 heavy (non-hydrogen) atoms. The molecule has 0 aromatic rings. The fourth-order valence-corrected chi connectivity index (χ4v) is 4.52. The first-order valence-electron chi connectivity index (χ1n) is 11.6. The van der Waals surface area contributed by atoms with Gasteiger partial charge < -0.3 is 9.47 Å². The Morgan fingerprint density at radius 3 is 2.57 bits per heavy atom. The van der Waals surface area contributed by atoms with Crippen LogP contribution in [0.25, 0.3) is 0 Å². The first-order chi connectivity index (χ1) is 13.4. The Hall–Kier alpha value is -0.930. The van der Waals surface area contributed by atoms with Crippen molar-refractivity contribution >= 4 is 5.78 Å². The zero-order valence-corrected chi connectivity index (χ0v) is 18.8. The minimum absolute atomic E-state index is 0.108. The van der Waals surface area contributed by atoms with E-state index < -0.39 is 0 Å². The van der Waals surface area contributed by atoms with Crippen LogP contribution in [0.4, 0.5) is 0 Å². The lowest BCUT2D eigenvalue weighted by Crippen LogP contribution is -2.51. The average Bonchev–Trinajstić information content (AvgIpc) is 2.71. The maximum atomic E-state index is 11.6. The van der Waals surface area contributed by atoms with E-state index in [0.717, 1.165) is 24.8 Å². The van der Waals surface area contributed by atoms with Crippen molar-refractivity contribution in [2.45, 2.75) is 117 Å². The van der Waals surface area contributed by atoms with Gasteiger partial charge in [0.2, 0.25) is 0 Å². The second kappa shape index (κ2) is 11.3. The molecule has 2 heterocycles. The fraction of sp³-hybridized carbons (Fsp3) is 0.800. The summed E-state index contributed by atoms with van der Waals surface area (Å²) in [4.78, 5) is 11.6. The molecule has 0 N–H and O–H groups in total. The van der Waals surface area contributed by atoms with Gasteiger partial charge in [0, 0.05) is 25.7 Å². The maximum absolute atomic E-state index is 11.6. The number of unbranched alkanes of at least 4 members (excludes halogenated alkanes) is 1. The summed E-state index contributed by atoms with van der Waals surface area (Å²) in [6.07, 6.45) is 17.1. The highest BCUT2D eigenvalue weighted by atomic mass is 16.7. The summed E-state index contributed by atoms with van der Waals surface area (Å²) in [6.45, 7) is 10.8. The molecule has 0 aliphatic carbocycles. The number of ether oxygens (including phenoxy) is 2. The molecule has 3 heteroatoms. The summed E-state index contributed by atoms with van der Waals surface area (Å²) in [5.41, 5.74) is 1.14. The Balaban J connectivity index is 2.09. The first-order valence-corrected chi connectivity index (χ1v) is 11.6. The van der Waals surface area contributed by atoms with E-state index in [0.29, 0.717) is 30.8 Å². The predicted molar refractivity (Wildman–Crippen MR) is 116 cm³/mol. The van der Waals surface area contributed by atoms with E-state index in [-0.39, 0.29) is 17.7 Å². The normalized spacial score (nSPS) is 34.2. The highest BCUT2D eigenvalue weighted by Crippen LogP contribution is 2.44. The van der Waals surface area contributed by atoms with E-state index >= 15 is 0 Å². The van der Waals surface area contributed by atoms with E-state index in [1.165, 1.54) is 32.1 Å². The molecule has 0 aromatic heterocycles. The molecular weight excluding hydrogens is 348 g/mol. The summed E-state index contributed by atoms with van der Waals surface area (Å²) in [5.74, 6) is 1.08. The minimum Gasteiger partial charge on any atom is -0.346 e. The minimum atomic E-state index is -0.388. The molecule has 0 aromatic carbocycles. The molecule has 5 atom stereocenters. The molecule has 2 aliphatic rings. The van der Waals surface area contributed by atoms with Gasteiger partial charge >= 0.3 is 0 Å². The number of hydrogen-bond donors (Lipinski definition) is 0. The zero-order valence-electron chi connectivity index (χ0n) is 18.8. The van der Waals surface area contributed by atoms with Gasteiger partial charge in [-0.15, -0.1) is 0 Å². The lowest BCUT2D eigenvalue weighted by Gasteiger charge is -2.49. The van der Waals surface area contributed by atoms with E-state index in [1.54, 1.807) is 0 Å². The summed E-state index contributed by atoms with van der Waals surface area (Å²) < 4.78 is 13.2. The van der Waals surface area contributed by atoms with E-state index in [2.05, 4.69) is 39.8 Å². The molecule has 0 amide bonds. The molecule has 1 spiro atoms. The van der Waals surface area contributed by atoms with Gasteiger partial charge in [0.05, 0.1) is 12.2 Å². The number of rotatable bonds is 9. The number of carbonyl (C=O) groups is 1. The van der Waals surface area contributed by atoms with Crippen molar-refractivity contribution in [3.8, 4) is 0 Å². The van der Waals surface area contributed by atoms with Crippen molar-refractivity contribution in [3.63, 3.8) is 0 Å². The third-order valence-electron chi connectivity index (χ3n) is 6.62. The van der Waals surface area contributed by atoms with Gasteiger partial charge in [-0.25, -0.2) is 0 Å². The van der Waals surface area contributed by atoms with Crippen LogP contribution in [0.3, 0.4) is 0 Å². The lowest BCUT2D eigenvalue weighted by molar-refractivity contribution is -0.325. The smallest absolute Gasteiger partial charge is 0.169 e. The number of carbonyl (C=O) groups excluding carboxylic acids is 1. The predicted octanol–water partition coefficient (Wildman–Crippen LogP) is 6.76. The first kappa shape index (κ1) is 23.3. The number of hydrogen-bond acceptors (Lipinski definition) is 3. The van der Waals surface area contributed by atoms with Gasteiger partial charge in [0.25, 0.3) is 0 Å². The molecule has 2 saturated heterocycles. The highest BCUT2D eigenvalue weighted by Gasteiger charge is 2.46. The molecule has 0 saturated carbocycles. The van der Waals surface area contributed by atoms with Crippen LogP contribution in [0, 0.1) is 11.8 Å².